The third-order valence-electron chi connectivity index (χ3n) is 4.13. The van der Waals surface area contributed by atoms with Crippen LogP contribution in [0.15, 0.2) is 50.9 Å². The average molecular weight is 370 g/mol. The quantitative estimate of drug-likeness (QED) is 0.814. The summed E-state index contributed by atoms with van der Waals surface area (Å²) in [5.41, 5.74) is 1.31. The number of piperazine rings is 1. The van der Waals surface area contributed by atoms with Crippen molar-refractivity contribution in [3.05, 3.63) is 47.3 Å². The third-order valence-corrected chi connectivity index (χ3v) is 8.15. The van der Waals surface area contributed by atoms with E-state index in [0.29, 0.717) is 17.3 Å². The number of rotatable bonds is 5. The molecule has 1 aliphatic heterocycles. The van der Waals surface area contributed by atoms with E-state index in [9.17, 15) is 8.42 Å². The van der Waals surface area contributed by atoms with Crippen LogP contribution in [0.2, 0.25) is 0 Å². The fourth-order valence-corrected chi connectivity index (χ4v) is 5.78. The fraction of sp³-hybridized carbons (Fsp3) is 0.375. The van der Waals surface area contributed by atoms with Crippen LogP contribution in [0.4, 0.5) is 0 Å². The Kier molecular flexibility index (Phi) is 5.43. The van der Waals surface area contributed by atoms with Crippen LogP contribution in [0.25, 0.3) is 0 Å². The average Bonchev–Trinajstić information content (AvgIpc) is 3.11. The molecule has 0 saturated carbocycles. The van der Waals surface area contributed by atoms with Gasteiger partial charge in [0.15, 0.2) is 0 Å². The second-order valence-electron chi connectivity index (χ2n) is 5.61. The maximum Gasteiger partial charge on any atom is 0.252 e. The molecule has 2 heterocycles. The summed E-state index contributed by atoms with van der Waals surface area (Å²) in [5, 5.41) is 1.81. The van der Waals surface area contributed by atoms with Crippen LogP contribution in [0, 0.1) is 0 Å². The Balaban J connectivity index is 1.58. The van der Waals surface area contributed by atoms with Crippen molar-refractivity contribution < 1.29 is 13.3 Å². The van der Waals surface area contributed by atoms with Gasteiger partial charge in [0.2, 0.25) is 0 Å². The predicted molar refractivity (Wildman–Crippen MR) is 95.7 cm³/mol. The van der Waals surface area contributed by atoms with E-state index in [4.69, 9.17) is 0 Å². The zero-order valence-corrected chi connectivity index (χ0v) is 15.5. The summed E-state index contributed by atoms with van der Waals surface area (Å²) in [6, 6.07) is 12.1. The van der Waals surface area contributed by atoms with Gasteiger partial charge in [-0.2, -0.15) is 4.31 Å². The summed E-state index contributed by atoms with van der Waals surface area (Å²) in [6.45, 7) is 3.86. The molecule has 0 aliphatic carbocycles. The number of hydrogen-bond donors (Lipinski definition) is 1. The van der Waals surface area contributed by atoms with Gasteiger partial charge in [-0.15, -0.1) is 23.1 Å². The number of thiophene rings is 1. The van der Waals surface area contributed by atoms with E-state index in [1.54, 1.807) is 28.2 Å². The van der Waals surface area contributed by atoms with Crippen LogP contribution in [0.5, 0.6) is 0 Å². The van der Waals surface area contributed by atoms with E-state index in [1.807, 2.05) is 5.38 Å². The molecule has 0 spiro atoms. The lowest BCUT2D eigenvalue weighted by Crippen LogP contribution is -3.13. The van der Waals surface area contributed by atoms with Crippen LogP contribution in [0.1, 0.15) is 5.56 Å². The first-order valence-corrected chi connectivity index (χ1v) is 11.1. The molecule has 1 aliphatic rings. The minimum Gasteiger partial charge on any atom is -0.329 e. The largest absolute Gasteiger partial charge is 0.329 e. The highest BCUT2D eigenvalue weighted by Crippen LogP contribution is 2.20. The van der Waals surface area contributed by atoms with Crippen molar-refractivity contribution in [3.8, 4) is 0 Å². The Labute approximate surface area is 146 Å². The summed E-state index contributed by atoms with van der Waals surface area (Å²) in [6.07, 6.45) is 2.08. The van der Waals surface area contributed by atoms with Crippen LogP contribution >= 0.6 is 23.1 Å². The number of nitrogens with zero attached hydrogens (tertiary/aromatic N) is 1. The van der Waals surface area contributed by atoms with E-state index < -0.39 is 10.0 Å². The van der Waals surface area contributed by atoms with Gasteiger partial charge in [-0.3, -0.25) is 0 Å². The first kappa shape index (κ1) is 17.0. The molecule has 1 aromatic carbocycles. The lowest BCUT2D eigenvalue weighted by Gasteiger charge is -2.31. The topological polar surface area (TPSA) is 41.8 Å². The van der Waals surface area contributed by atoms with E-state index in [1.165, 1.54) is 26.7 Å². The smallest absolute Gasteiger partial charge is 0.252 e. The minimum absolute atomic E-state index is 0.452. The standard InChI is InChI=1S/C16H20N2O2S3/c1-21-15-6-4-14(5-7-15)13-17-8-10-18(11-9-17)23(19,20)16-3-2-12-22-16/h2-7,12H,8-11,13H2,1H3/p+1. The molecule has 23 heavy (non-hydrogen) atoms. The summed E-state index contributed by atoms with van der Waals surface area (Å²) in [7, 11) is -3.29. The van der Waals surface area contributed by atoms with Crippen molar-refractivity contribution in [1.29, 1.82) is 0 Å². The highest BCUT2D eigenvalue weighted by molar-refractivity contribution is 7.98. The zero-order chi connectivity index (χ0) is 16.3. The molecule has 1 fully saturated rings. The van der Waals surface area contributed by atoms with Gasteiger partial charge < -0.3 is 4.90 Å². The molecular weight excluding hydrogens is 348 g/mol. The maximum atomic E-state index is 12.5. The number of thioether (sulfide) groups is 1. The van der Waals surface area contributed by atoms with E-state index in [-0.39, 0.29) is 0 Å². The first-order valence-electron chi connectivity index (χ1n) is 7.60. The molecule has 1 N–H and O–H groups in total. The Bertz CT molecular complexity index is 719. The molecule has 7 heteroatoms. The molecular formula is C16H21N2O2S3+. The van der Waals surface area contributed by atoms with Gasteiger partial charge >= 0.3 is 0 Å². The van der Waals surface area contributed by atoms with Gasteiger partial charge in [0.1, 0.15) is 10.8 Å². The van der Waals surface area contributed by atoms with Gasteiger partial charge in [0.05, 0.1) is 26.2 Å². The zero-order valence-electron chi connectivity index (χ0n) is 13.1. The molecule has 1 saturated heterocycles. The van der Waals surface area contributed by atoms with E-state index in [0.717, 1.165) is 19.6 Å². The Hall–Kier alpha value is -0.860. The lowest BCUT2D eigenvalue weighted by atomic mass is 10.2. The molecule has 0 amide bonds. The van der Waals surface area contributed by atoms with Crippen molar-refractivity contribution in [1.82, 2.24) is 4.31 Å². The summed E-state index contributed by atoms with van der Waals surface area (Å²) >= 11 is 3.04. The lowest BCUT2D eigenvalue weighted by molar-refractivity contribution is -0.917. The molecule has 2 aromatic rings. The van der Waals surface area contributed by atoms with Gasteiger partial charge in [-0.05, 0) is 29.8 Å². The SMILES string of the molecule is CSc1ccc(C[NH+]2CCN(S(=O)(=O)c3cccs3)CC2)cc1. The number of benzene rings is 1. The van der Waals surface area contributed by atoms with Crippen molar-refractivity contribution in [2.45, 2.75) is 15.6 Å². The van der Waals surface area contributed by atoms with Crippen molar-refractivity contribution in [3.63, 3.8) is 0 Å². The highest BCUT2D eigenvalue weighted by Gasteiger charge is 2.30. The van der Waals surface area contributed by atoms with Crippen LogP contribution < -0.4 is 4.90 Å². The van der Waals surface area contributed by atoms with E-state index in [2.05, 4.69) is 30.5 Å². The molecule has 0 radical (unpaired) electrons. The Morgan fingerprint density at radius 3 is 2.43 bits per heavy atom. The van der Waals surface area contributed by atoms with Crippen LogP contribution in [-0.4, -0.2) is 45.2 Å². The third kappa shape index (κ3) is 3.97. The van der Waals surface area contributed by atoms with Crippen molar-refractivity contribution in [2.24, 2.45) is 0 Å². The van der Waals surface area contributed by atoms with Gasteiger partial charge in [-0.1, -0.05) is 18.2 Å². The normalized spacial score (nSPS) is 17.4. The fourth-order valence-electron chi connectivity index (χ4n) is 2.79. The molecule has 1 aromatic heterocycles. The molecule has 0 bridgehead atoms. The van der Waals surface area contributed by atoms with Gasteiger partial charge in [0.25, 0.3) is 10.0 Å². The van der Waals surface area contributed by atoms with Crippen LogP contribution in [0.3, 0.4) is 0 Å². The van der Waals surface area contributed by atoms with E-state index >= 15 is 0 Å². The molecule has 0 atom stereocenters. The summed E-state index contributed by atoms with van der Waals surface area (Å²) < 4.78 is 27.1. The van der Waals surface area contributed by atoms with Crippen molar-refractivity contribution in [2.75, 3.05) is 32.4 Å². The van der Waals surface area contributed by atoms with Gasteiger partial charge in [0, 0.05) is 10.5 Å². The minimum atomic E-state index is -3.29. The van der Waals surface area contributed by atoms with Crippen molar-refractivity contribution >= 4 is 33.1 Å². The molecule has 124 valence electrons. The van der Waals surface area contributed by atoms with Gasteiger partial charge in [-0.25, -0.2) is 8.42 Å². The number of quaternary nitrogens is 1. The number of nitrogens with one attached hydrogen (secondary N) is 1. The first-order chi connectivity index (χ1) is 11.1. The second-order valence-corrected chi connectivity index (χ2v) is 9.60. The Morgan fingerprint density at radius 1 is 1.17 bits per heavy atom. The Morgan fingerprint density at radius 2 is 1.87 bits per heavy atom. The molecule has 4 nitrogen and oxygen atoms in total. The number of sulfonamides is 1. The monoisotopic (exact) mass is 369 g/mol. The number of hydrogen-bond acceptors (Lipinski definition) is 4. The molecule has 0 unspecified atom stereocenters. The summed E-state index contributed by atoms with van der Waals surface area (Å²) in [4.78, 5) is 2.72. The predicted octanol–water partition coefficient (Wildman–Crippen LogP) is 1.56. The highest BCUT2D eigenvalue weighted by atomic mass is 32.2. The van der Waals surface area contributed by atoms with Crippen LogP contribution in [-0.2, 0) is 16.6 Å². The second kappa shape index (κ2) is 7.36. The molecule has 3 rings (SSSR count). The summed E-state index contributed by atoms with van der Waals surface area (Å²) in [5.74, 6) is 0. The maximum absolute atomic E-state index is 12.5.